The van der Waals surface area contributed by atoms with Crippen LogP contribution in [0.5, 0.6) is 0 Å². The lowest BCUT2D eigenvalue weighted by Crippen LogP contribution is -2.39. The summed E-state index contributed by atoms with van der Waals surface area (Å²) < 4.78 is 5.45. The molecule has 0 amide bonds. The van der Waals surface area contributed by atoms with Crippen molar-refractivity contribution in [1.29, 1.82) is 0 Å². The molecule has 2 aromatic carbocycles. The molecule has 0 aromatic heterocycles. The number of ether oxygens (including phenoxy) is 1. The molecule has 0 aliphatic carbocycles. The van der Waals surface area contributed by atoms with Crippen LogP contribution >= 0.6 is 11.8 Å². The van der Waals surface area contributed by atoms with Gasteiger partial charge >= 0.3 is 0 Å². The van der Waals surface area contributed by atoms with Crippen molar-refractivity contribution < 1.29 is 9.53 Å². The van der Waals surface area contributed by atoms with E-state index in [2.05, 4.69) is 4.90 Å². The fraction of sp³-hybridized carbons (Fsp3) is 0.333. The van der Waals surface area contributed by atoms with E-state index in [9.17, 15) is 4.79 Å². The molecule has 0 spiro atoms. The van der Waals surface area contributed by atoms with E-state index in [0.717, 1.165) is 40.6 Å². The van der Waals surface area contributed by atoms with Crippen molar-refractivity contribution in [2.45, 2.75) is 13.8 Å². The van der Waals surface area contributed by atoms with Gasteiger partial charge in [0.05, 0.1) is 24.7 Å². The van der Waals surface area contributed by atoms with Gasteiger partial charge < -0.3 is 9.64 Å². The Bertz CT molecular complexity index is 784. The van der Waals surface area contributed by atoms with Gasteiger partial charge in [-0.2, -0.15) is 0 Å². The van der Waals surface area contributed by atoms with Crippen LogP contribution in [0.2, 0.25) is 0 Å². The minimum atomic E-state index is 0.144. The number of benzene rings is 2. The summed E-state index contributed by atoms with van der Waals surface area (Å²) in [5.41, 5.74) is 3.84. The number of aryl methyl sites for hydroxylation is 2. The highest BCUT2D eigenvalue weighted by Gasteiger charge is 2.18. The number of rotatable bonds is 4. The summed E-state index contributed by atoms with van der Waals surface area (Å²) in [7, 11) is 0. The van der Waals surface area contributed by atoms with Gasteiger partial charge in [0.2, 0.25) is 0 Å². The number of morpholine rings is 1. The minimum Gasteiger partial charge on any atom is -0.378 e. The zero-order chi connectivity index (χ0) is 18.4. The molecule has 26 heavy (non-hydrogen) atoms. The van der Waals surface area contributed by atoms with E-state index >= 15 is 0 Å². The molecule has 1 heterocycles. The van der Waals surface area contributed by atoms with Gasteiger partial charge in [-0.1, -0.05) is 47.7 Å². The molecule has 0 N–H and O–H groups in total. The van der Waals surface area contributed by atoms with E-state index in [1.54, 1.807) is 0 Å². The minimum absolute atomic E-state index is 0.144. The second kappa shape index (κ2) is 9.01. The molecule has 1 aliphatic heterocycles. The van der Waals surface area contributed by atoms with Gasteiger partial charge in [0.15, 0.2) is 11.0 Å². The number of amidine groups is 1. The summed E-state index contributed by atoms with van der Waals surface area (Å²) in [5.74, 6) is 0.526. The molecular formula is C21H24N2O2S. The standard InChI is InChI=1S/C21H24N2O2S/c1-16-8-9-17(2)19(14-16)20(24)15-26-21(23-10-12-25-13-11-23)22-18-6-4-3-5-7-18/h3-9,14H,10-13,15H2,1-2H3. The number of hydrogen-bond donors (Lipinski definition) is 0. The first kappa shape index (κ1) is 18.7. The molecule has 0 unspecified atom stereocenters. The van der Waals surface area contributed by atoms with Crippen LogP contribution in [0.15, 0.2) is 53.5 Å². The number of ketones is 1. The number of thioether (sulfide) groups is 1. The van der Waals surface area contributed by atoms with Gasteiger partial charge in [0.1, 0.15) is 0 Å². The van der Waals surface area contributed by atoms with Gasteiger partial charge in [0, 0.05) is 18.7 Å². The summed E-state index contributed by atoms with van der Waals surface area (Å²) in [6, 6.07) is 15.9. The maximum absolute atomic E-state index is 12.7. The van der Waals surface area contributed by atoms with E-state index in [4.69, 9.17) is 9.73 Å². The normalized spacial score (nSPS) is 15.2. The molecule has 1 fully saturated rings. The molecule has 136 valence electrons. The largest absolute Gasteiger partial charge is 0.378 e. The summed E-state index contributed by atoms with van der Waals surface area (Å²) in [5, 5.41) is 0.887. The highest BCUT2D eigenvalue weighted by Crippen LogP contribution is 2.21. The van der Waals surface area contributed by atoms with E-state index < -0.39 is 0 Å². The lowest BCUT2D eigenvalue weighted by atomic mass is 10.0. The zero-order valence-electron chi connectivity index (χ0n) is 15.3. The lowest BCUT2D eigenvalue weighted by molar-refractivity contribution is 0.0694. The lowest BCUT2D eigenvalue weighted by Gasteiger charge is -2.29. The topological polar surface area (TPSA) is 41.9 Å². The molecular weight excluding hydrogens is 344 g/mol. The Labute approximate surface area is 159 Å². The number of carbonyl (C=O) groups is 1. The van der Waals surface area contributed by atoms with Crippen molar-refractivity contribution in [2.24, 2.45) is 4.99 Å². The van der Waals surface area contributed by atoms with Crippen LogP contribution in [0.25, 0.3) is 0 Å². The Hall–Kier alpha value is -2.11. The Morgan fingerprint density at radius 3 is 2.58 bits per heavy atom. The second-order valence-electron chi connectivity index (χ2n) is 6.36. The van der Waals surface area contributed by atoms with Crippen LogP contribution in [0.3, 0.4) is 0 Å². The number of Topliss-reactive ketones (excluding diaryl/α,β-unsaturated/α-hetero) is 1. The van der Waals surface area contributed by atoms with Crippen LogP contribution < -0.4 is 0 Å². The molecule has 0 saturated carbocycles. The summed E-state index contributed by atoms with van der Waals surface area (Å²) in [6.07, 6.45) is 0. The van der Waals surface area contributed by atoms with Crippen LogP contribution in [0.1, 0.15) is 21.5 Å². The van der Waals surface area contributed by atoms with E-state index in [0.29, 0.717) is 19.0 Å². The van der Waals surface area contributed by atoms with Gasteiger partial charge in [-0.3, -0.25) is 4.79 Å². The second-order valence-corrected chi connectivity index (χ2v) is 7.30. The Morgan fingerprint density at radius 1 is 1.12 bits per heavy atom. The highest BCUT2D eigenvalue weighted by molar-refractivity contribution is 8.14. The maximum atomic E-state index is 12.7. The first-order chi connectivity index (χ1) is 12.6. The maximum Gasteiger partial charge on any atom is 0.173 e. The fourth-order valence-electron chi connectivity index (χ4n) is 2.81. The molecule has 0 atom stereocenters. The van der Waals surface area contributed by atoms with Gasteiger partial charge in [-0.05, 0) is 37.6 Å². The van der Waals surface area contributed by atoms with Gasteiger partial charge in [-0.25, -0.2) is 4.99 Å². The number of hydrogen-bond acceptors (Lipinski definition) is 4. The summed E-state index contributed by atoms with van der Waals surface area (Å²) in [6.45, 7) is 6.99. The van der Waals surface area contributed by atoms with Gasteiger partial charge in [-0.15, -0.1) is 0 Å². The third-order valence-electron chi connectivity index (χ3n) is 4.29. The average molecular weight is 369 g/mol. The van der Waals surface area contributed by atoms with E-state index in [1.807, 2.05) is 62.4 Å². The molecule has 1 saturated heterocycles. The van der Waals surface area contributed by atoms with E-state index in [-0.39, 0.29) is 5.78 Å². The summed E-state index contributed by atoms with van der Waals surface area (Å²) in [4.78, 5) is 19.7. The van der Waals surface area contributed by atoms with Crippen LogP contribution in [-0.4, -0.2) is 47.9 Å². The quantitative estimate of drug-likeness (QED) is 0.460. The number of aliphatic imine (C=N–C) groups is 1. The SMILES string of the molecule is Cc1ccc(C)c(C(=O)CSC(=Nc2ccccc2)N2CCOCC2)c1. The van der Waals surface area contributed by atoms with Crippen molar-refractivity contribution >= 4 is 28.4 Å². The van der Waals surface area contributed by atoms with Gasteiger partial charge in [0.25, 0.3) is 0 Å². The van der Waals surface area contributed by atoms with Crippen molar-refractivity contribution in [3.8, 4) is 0 Å². The molecule has 3 rings (SSSR count). The van der Waals surface area contributed by atoms with Crippen molar-refractivity contribution in [3.63, 3.8) is 0 Å². The zero-order valence-corrected chi connectivity index (χ0v) is 16.1. The first-order valence-electron chi connectivity index (χ1n) is 8.83. The molecule has 0 bridgehead atoms. The van der Waals surface area contributed by atoms with Crippen LogP contribution in [-0.2, 0) is 4.74 Å². The molecule has 1 aliphatic rings. The van der Waals surface area contributed by atoms with Crippen LogP contribution in [0.4, 0.5) is 5.69 Å². The number of carbonyl (C=O) groups excluding carboxylic acids is 1. The van der Waals surface area contributed by atoms with Crippen molar-refractivity contribution in [3.05, 3.63) is 65.2 Å². The number of para-hydroxylation sites is 1. The number of nitrogens with zero attached hydrogens (tertiary/aromatic N) is 2. The fourth-order valence-corrected chi connectivity index (χ4v) is 3.76. The Balaban J connectivity index is 1.76. The molecule has 4 nitrogen and oxygen atoms in total. The third kappa shape index (κ3) is 4.96. The van der Waals surface area contributed by atoms with Crippen molar-refractivity contribution in [2.75, 3.05) is 32.1 Å². The molecule has 2 aromatic rings. The highest BCUT2D eigenvalue weighted by atomic mass is 32.2. The summed E-state index contributed by atoms with van der Waals surface area (Å²) >= 11 is 1.51. The molecule has 0 radical (unpaired) electrons. The Kier molecular flexibility index (Phi) is 6.47. The predicted octanol–water partition coefficient (Wildman–Crippen LogP) is 4.24. The average Bonchev–Trinajstić information content (AvgIpc) is 2.68. The first-order valence-corrected chi connectivity index (χ1v) is 9.82. The smallest absolute Gasteiger partial charge is 0.173 e. The Morgan fingerprint density at radius 2 is 1.85 bits per heavy atom. The monoisotopic (exact) mass is 368 g/mol. The predicted molar refractivity (Wildman–Crippen MR) is 109 cm³/mol. The van der Waals surface area contributed by atoms with Crippen molar-refractivity contribution in [1.82, 2.24) is 4.90 Å². The third-order valence-corrected chi connectivity index (χ3v) is 5.30. The molecule has 5 heteroatoms. The van der Waals surface area contributed by atoms with E-state index in [1.165, 1.54) is 11.8 Å². The van der Waals surface area contributed by atoms with Crippen LogP contribution in [0, 0.1) is 13.8 Å².